The monoisotopic (exact) mass is 508 g/mol. The molecule has 0 spiro atoms. The number of hydrogen-bond donors (Lipinski definition) is 2. The number of ether oxygens (including phenoxy) is 1. The van der Waals surface area contributed by atoms with Crippen molar-refractivity contribution in [3.8, 4) is 5.75 Å². The topological polar surface area (TPSA) is 85.2 Å². The predicted octanol–water partition coefficient (Wildman–Crippen LogP) is 3.78. The number of nitrogens with one attached hydrogen (secondary N) is 2. The standard InChI is InChI=1S/C20H18Cl2F4N4O3/c21-12-2-1-11(3-13(12)23)33-8-16(31)28-14-6-19(4-10(14)5-19)29-15-7-27-30(9-20(24,25)26)18(32)17(15)22/h1-3,7,10,14,29H,4-6,8-9H2,(H,28,31)/t10?,14-,19?/m1/s1. The first-order valence-corrected chi connectivity index (χ1v) is 10.7. The maximum Gasteiger partial charge on any atom is 0.408 e. The molecule has 0 radical (unpaired) electrons. The van der Waals surface area contributed by atoms with Gasteiger partial charge in [-0.2, -0.15) is 18.3 Å². The second-order valence-electron chi connectivity index (χ2n) is 8.27. The Bertz CT molecular complexity index is 1140. The highest BCUT2D eigenvalue weighted by Gasteiger charge is 2.56. The highest BCUT2D eigenvalue weighted by Crippen LogP contribution is 2.53. The number of alkyl halides is 3. The SMILES string of the molecule is O=C(COc1ccc(Cl)c(F)c1)N[C@@H]1CC2(Nc3cnn(CC(F)(F)F)c(=O)c3Cl)CC1C2. The van der Waals surface area contributed by atoms with Crippen molar-refractivity contribution in [2.45, 2.75) is 43.6 Å². The normalized spacial score (nSPS) is 23.7. The smallest absolute Gasteiger partial charge is 0.408 e. The summed E-state index contributed by atoms with van der Waals surface area (Å²) in [5.74, 6) is -0.680. The number of carbonyl (C=O) groups excluding carboxylic acids is 1. The van der Waals surface area contributed by atoms with Gasteiger partial charge in [-0.3, -0.25) is 9.59 Å². The molecular formula is C20H18Cl2F4N4O3. The minimum absolute atomic E-state index is 0.0525. The van der Waals surface area contributed by atoms with E-state index in [1.54, 1.807) is 0 Å². The van der Waals surface area contributed by atoms with E-state index in [4.69, 9.17) is 27.9 Å². The van der Waals surface area contributed by atoms with Gasteiger partial charge in [0.25, 0.3) is 11.5 Å². The summed E-state index contributed by atoms with van der Waals surface area (Å²) in [7, 11) is 0. The highest BCUT2D eigenvalue weighted by atomic mass is 35.5. The molecule has 3 fully saturated rings. The molecule has 0 unspecified atom stereocenters. The Kier molecular flexibility index (Phi) is 6.21. The van der Waals surface area contributed by atoms with Crippen LogP contribution in [0, 0.1) is 11.7 Å². The molecule has 1 heterocycles. The first-order valence-electron chi connectivity index (χ1n) is 9.92. The number of halogens is 6. The fraction of sp³-hybridized carbons (Fsp3) is 0.450. The number of benzene rings is 1. The quantitative estimate of drug-likeness (QED) is 0.556. The van der Waals surface area contributed by atoms with Crippen molar-refractivity contribution in [2.75, 3.05) is 11.9 Å². The number of hydrogen-bond acceptors (Lipinski definition) is 5. The van der Waals surface area contributed by atoms with Gasteiger partial charge >= 0.3 is 6.18 Å². The molecule has 1 atom stereocenters. The fourth-order valence-electron chi connectivity index (χ4n) is 4.39. The Morgan fingerprint density at radius 1 is 1.27 bits per heavy atom. The minimum Gasteiger partial charge on any atom is -0.484 e. The molecule has 2 N–H and O–H groups in total. The van der Waals surface area contributed by atoms with E-state index in [1.807, 2.05) is 0 Å². The van der Waals surface area contributed by atoms with Crippen LogP contribution in [0.3, 0.4) is 0 Å². The third-order valence-electron chi connectivity index (χ3n) is 5.81. The van der Waals surface area contributed by atoms with Gasteiger partial charge in [0, 0.05) is 17.6 Å². The molecule has 3 saturated carbocycles. The van der Waals surface area contributed by atoms with Crippen LogP contribution < -0.4 is 20.9 Å². The van der Waals surface area contributed by atoms with Crippen LogP contribution in [0.15, 0.2) is 29.2 Å². The average Bonchev–Trinajstić information content (AvgIpc) is 3.21. The van der Waals surface area contributed by atoms with Crippen molar-refractivity contribution in [2.24, 2.45) is 5.92 Å². The van der Waals surface area contributed by atoms with Gasteiger partial charge in [0.1, 0.15) is 23.1 Å². The van der Waals surface area contributed by atoms with Crippen molar-refractivity contribution in [3.63, 3.8) is 0 Å². The van der Waals surface area contributed by atoms with Gasteiger partial charge in [-0.15, -0.1) is 0 Å². The summed E-state index contributed by atoms with van der Waals surface area (Å²) in [6.45, 7) is -1.84. The van der Waals surface area contributed by atoms with Gasteiger partial charge in [0.05, 0.1) is 16.9 Å². The summed E-state index contributed by atoms with van der Waals surface area (Å²) in [5, 5.41) is 9.14. The number of nitrogens with zero attached hydrogens (tertiary/aromatic N) is 2. The van der Waals surface area contributed by atoms with E-state index in [9.17, 15) is 27.2 Å². The van der Waals surface area contributed by atoms with Crippen molar-refractivity contribution in [1.29, 1.82) is 0 Å². The molecule has 2 aromatic rings. The summed E-state index contributed by atoms with van der Waals surface area (Å²) in [6, 6.07) is 3.70. The van der Waals surface area contributed by atoms with Crippen molar-refractivity contribution >= 4 is 34.8 Å². The summed E-state index contributed by atoms with van der Waals surface area (Å²) >= 11 is 11.6. The van der Waals surface area contributed by atoms with Gasteiger partial charge in [0.2, 0.25) is 0 Å². The van der Waals surface area contributed by atoms with Crippen molar-refractivity contribution in [3.05, 3.63) is 50.6 Å². The molecule has 1 aromatic heterocycles. The average molecular weight is 509 g/mol. The molecule has 0 saturated heterocycles. The minimum atomic E-state index is -4.60. The molecule has 1 amide bonds. The lowest BCUT2D eigenvalue weighted by Gasteiger charge is -2.40. The molecular weight excluding hydrogens is 491 g/mol. The zero-order valence-electron chi connectivity index (χ0n) is 16.9. The largest absolute Gasteiger partial charge is 0.484 e. The zero-order chi connectivity index (χ0) is 24.0. The Balaban J connectivity index is 1.33. The van der Waals surface area contributed by atoms with Crippen molar-refractivity contribution in [1.82, 2.24) is 15.1 Å². The molecule has 3 aliphatic carbocycles. The lowest BCUT2D eigenvalue weighted by atomic mass is 9.76. The molecule has 0 aliphatic heterocycles. The van der Waals surface area contributed by atoms with Gasteiger partial charge in [-0.05, 0) is 37.3 Å². The third kappa shape index (κ3) is 5.19. The summed E-state index contributed by atoms with van der Waals surface area (Å²) in [4.78, 5) is 24.4. The maximum atomic E-state index is 13.5. The second-order valence-corrected chi connectivity index (χ2v) is 9.05. The molecule has 178 valence electrons. The van der Waals surface area contributed by atoms with Crippen LogP contribution in [0.1, 0.15) is 19.3 Å². The van der Waals surface area contributed by atoms with Crippen LogP contribution in [0.4, 0.5) is 23.2 Å². The number of anilines is 1. The van der Waals surface area contributed by atoms with Crippen LogP contribution in [0.25, 0.3) is 0 Å². The lowest BCUT2D eigenvalue weighted by molar-refractivity contribution is -0.143. The Morgan fingerprint density at radius 2 is 2.00 bits per heavy atom. The van der Waals surface area contributed by atoms with E-state index in [0.717, 1.165) is 12.3 Å². The van der Waals surface area contributed by atoms with Gasteiger partial charge in [-0.1, -0.05) is 23.2 Å². The number of amides is 1. The van der Waals surface area contributed by atoms with Crippen LogP contribution in [0.5, 0.6) is 5.75 Å². The van der Waals surface area contributed by atoms with Crippen molar-refractivity contribution < 1.29 is 27.1 Å². The van der Waals surface area contributed by atoms with Crippen LogP contribution in [-0.2, 0) is 11.3 Å². The predicted molar refractivity (Wildman–Crippen MR) is 112 cm³/mol. The molecule has 2 bridgehead atoms. The first kappa shape index (κ1) is 23.6. The number of carbonyl (C=O) groups is 1. The van der Waals surface area contributed by atoms with Crippen LogP contribution >= 0.6 is 23.2 Å². The lowest BCUT2D eigenvalue weighted by Crippen LogP contribution is -2.44. The van der Waals surface area contributed by atoms with E-state index < -0.39 is 29.6 Å². The Labute approximate surface area is 195 Å². The zero-order valence-corrected chi connectivity index (χ0v) is 18.4. The highest BCUT2D eigenvalue weighted by molar-refractivity contribution is 6.33. The van der Waals surface area contributed by atoms with E-state index in [0.29, 0.717) is 19.3 Å². The maximum absolute atomic E-state index is 13.5. The Morgan fingerprint density at radius 3 is 2.67 bits per heavy atom. The molecule has 7 nitrogen and oxygen atoms in total. The van der Waals surface area contributed by atoms with E-state index in [2.05, 4.69) is 15.7 Å². The molecule has 33 heavy (non-hydrogen) atoms. The molecule has 5 rings (SSSR count). The van der Waals surface area contributed by atoms with E-state index in [1.165, 1.54) is 12.1 Å². The fourth-order valence-corrected chi connectivity index (χ4v) is 4.70. The van der Waals surface area contributed by atoms with Gasteiger partial charge < -0.3 is 15.4 Å². The van der Waals surface area contributed by atoms with Crippen LogP contribution in [-0.4, -0.2) is 40.1 Å². The summed E-state index contributed by atoms with van der Waals surface area (Å²) < 4.78 is 56.7. The number of rotatable bonds is 7. The Hall–Kier alpha value is -2.53. The number of fused-ring (bicyclic) bond motifs is 1. The van der Waals surface area contributed by atoms with Gasteiger partial charge in [-0.25, -0.2) is 9.07 Å². The van der Waals surface area contributed by atoms with E-state index in [-0.39, 0.29) is 50.6 Å². The molecule has 1 aromatic carbocycles. The first-order chi connectivity index (χ1) is 15.4. The van der Waals surface area contributed by atoms with Gasteiger partial charge in [0.15, 0.2) is 6.61 Å². The molecule has 3 aliphatic rings. The second kappa shape index (κ2) is 8.68. The third-order valence-corrected chi connectivity index (χ3v) is 6.48. The summed E-state index contributed by atoms with van der Waals surface area (Å²) in [6.07, 6.45) is -1.60. The molecule has 13 heteroatoms. The number of aromatic nitrogens is 2. The van der Waals surface area contributed by atoms with Crippen LogP contribution in [0.2, 0.25) is 10.0 Å². The van der Waals surface area contributed by atoms with E-state index >= 15 is 0 Å². The summed E-state index contributed by atoms with van der Waals surface area (Å²) in [5.41, 5.74) is -1.33.